The number of rotatable bonds is 3. The molecule has 2 saturated heterocycles. The van der Waals surface area contributed by atoms with E-state index in [4.69, 9.17) is 0 Å². The quantitative estimate of drug-likeness (QED) is 0.855. The summed E-state index contributed by atoms with van der Waals surface area (Å²) in [4.78, 5) is 28.7. The third kappa shape index (κ3) is 3.04. The van der Waals surface area contributed by atoms with E-state index in [1.807, 2.05) is 4.90 Å². The molecule has 0 N–H and O–H groups in total. The summed E-state index contributed by atoms with van der Waals surface area (Å²) < 4.78 is 13.3. The number of nitrogens with zero attached hydrogens (tertiary/aromatic N) is 2. The highest BCUT2D eigenvalue weighted by molar-refractivity contribution is 5.94. The van der Waals surface area contributed by atoms with Crippen molar-refractivity contribution in [3.63, 3.8) is 0 Å². The summed E-state index contributed by atoms with van der Waals surface area (Å²) >= 11 is 0. The first-order chi connectivity index (χ1) is 11.5. The lowest BCUT2D eigenvalue weighted by Gasteiger charge is -2.38. The van der Waals surface area contributed by atoms with Crippen molar-refractivity contribution >= 4 is 11.8 Å². The van der Waals surface area contributed by atoms with Crippen molar-refractivity contribution in [2.45, 2.75) is 32.1 Å². The summed E-state index contributed by atoms with van der Waals surface area (Å²) in [6.07, 6.45) is 4.86. The van der Waals surface area contributed by atoms with Crippen LogP contribution < -0.4 is 0 Å². The predicted octanol–water partition coefficient (Wildman–Crippen LogP) is 2.69. The van der Waals surface area contributed by atoms with Crippen LogP contribution in [0, 0.1) is 17.2 Å². The number of hydrogen-bond donors (Lipinski definition) is 0. The Balaban J connectivity index is 1.38. The number of halogens is 1. The van der Waals surface area contributed by atoms with E-state index >= 15 is 0 Å². The van der Waals surface area contributed by atoms with Crippen LogP contribution in [-0.2, 0) is 4.79 Å². The average molecular weight is 330 g/mol. The summed E-state index contributed by atoms with van der Waals surface area (Å²) in [5.41, 5.74) is 0.453. The maximum absolute atomic E-state index is 13.3. The van der Waals surface area contributed by atoms with E-state index in [1.165, 1.54) is 25.0 Å². The minimum atomic E-state index is -0.383. The van der Waals surface area contributed by atoms with Gasteiger partial charge in [-0.3, -0.25) is 9.59 Å². The standard InChI is InChI=1S/C19H23FN2O2/c20-16-3-1-2-15(10-16)18(24)21-8-6-19(7-9-21)11-17(23)22(13-19)12-14-4-5-14/h1-3,10,14H,4-9,11-13H2. The molecule has 0 radical (unpaired) electrons. The summed E-state index contributed by atoms with van der Waals surface area (Å²) in [5.74, 6) is 0.514. The fraction of sp³-hybridized carbons (Fsp3) is 0.579. The Hall–Kier alpha value is -1.91. The van der Waals surface area contributed by atoms with E-state index in [0.717, 1.165) is 31.8 Å². The van der Waals surface area contributed by atoms with Crippen molar-refractivity contribution in [2.24, 2.45) is 11.3 Å². The molecular weight excluding hydrogens is 307 g/mol. The molecule has 24 heavy (non-hydrogen) atoms. The molecule has 2 amide bonds. The Morgan fingerprint density at radius 3 is 2.67 bits per heavy atom. The second-order valence-electron chi connectivity index (χ2n) is 7.70. The lowest BCUT2D eigenvalue weighted by molar-refractivity contribution is -0.128. The smallest absolute Gasteiger partial charge is 0.253 e. The van der Waals surface area contributed by atoms with Gasteiger partial charge in [-0.25, -0.2) is 4.39 Å². The van der Waals surface area contributed by atoms with Gasteiger partial charge in [0.25, 0.3) is 5.91 Å². The maximum Gasteiger partial charge on any atom is 0.253 e. The molecule has 0 atom stereocenters. The molecular formula is C19H23FN2O2. The van der Waals surface area contributed by atoms with Crippen molar-refractivity contribution in [1.29, 1.82) is 0 Å². The summed E-state index contributed by atoms with van der Waals surface area (Å²) in [6.45, 7) is 3.08. The van der Waals surface area contributed by atoms with Crippen molar-refractivity contribution in [2.75, 3.05) is 26.2 Å². The lowest BCUT2D eigenvalue weighted by atomic mass is 9.77. The average Bonchev–Trinajstić information content (AvgIpc) is 3.33. The van der Waals surface area contributed by atoms with Crippen LogP contribution in [0.2, 0.25) is 0 Å². The van der Waals surface area contributed by atoms with E-state index in [-0.39, 0.29) is 23.0 Å². The summed E-state index contributed by atoms with van der Waals surface area (Å²) in [7, 11) is 0. The first-order valence-electron chi connectivity index (χ1n) is 8.87. The molecule has 1 spiro atoms. The summed E-state index contributed by atoms with van der Waals surface area (Å²) in [5, 5.41) is 0. The zero-order valence-corrected chi connectivity index (χ0v) is 13.8. The normalized spacial score (nSPS) is 23.1. The van der Waals surface area contributed by atoms with E-state index in [2.05, 4.69) is 0 Å². The Kier molecular flexibility index (Phi) is 3.82. The highest BCUT2D eigenvalue weighted by atomic mass is 19.1. The molecule has 2 aliphatic heterocycles. The Morgan fingerprint density at radius 2 is 2.00 bits per heavy atom. The Labute approximate surface area is 141 Å². The second kappa shape index (κ2) is 5.87. The first kappa shape index (κ1) is 15.6. The highest BCUT2D eigenvalue weighted by Gasteiger charge is 2.46. The lowest BCUT2D eigenvalue weighted by Crippen LogP contribution is -2.44. The number of hydrogen-bond acceptors (Lipinski definition) is 2. The first-order valence-corrected chi connectivity index (χ1v) is 8.87. The van der Waals surface area contributed by atoms with Gasteiger partial charge in [-0.1, -0.05) is 6.07 Å². The molecule has 2 heterocycles. The van der Waals surface area contributed by atoms with E-state index in [9.17, 15) is 14.0 Å². The molecule has 128 valence electrons. The van der Waals surface area contributed by atoms with Crippen LogP contribution in [-0.4, -0.2) is 47.8 Å². The molecule has 3 fully saturated rings. The molecule has 1 aromatic carbocycles. The van der Waals surface area contributed by atoms with Gasteiger partial charge in [-0.15, -0.1) is 0 Å². The van der Waals surface area contributed by atoms with E-state index in [0.29, 0.717) is 25.1 Å². The van der Waals surface area contributed by atoms with E-state index < -0.39 is 0 Å². The fourth-order valence-corrected chi connectivity index (χ4v) is 4.08. The van der Waals surface area contributed by atoms with Gasteiger partial charge in [-0.05, 0) is 49.8 Å². The zero-order valence-electron chi connectivity index (χ0n) is 13.8. The molecule has 4 rings (SSSR count). The van der Waals surface area contributed by atoms with Gasteiger partial charge >= 0.3 is 0 Å². The molecule has 0 unspecified atom stereocenters. The van der Waals surface area contributed by atoms with Crippen LogP contribution in [0.3, 0.4) is 0 Å². The molecule has 0 aromatic heterocycles. The Morgan fingerprint density at radius 1 is 1.25 bits per heavy atom. The van der Waals surface area contributed by atoms with Gasteiger partial charge in [0.05, 0.1) is 0 Å². The van der Waals surface area contributed by atoms with Crippen molar-refractivity contribution in [1.82, 2.24) is 9.80 Å². The van der Waals surface area contributed by atoms with Gasteiger partial charge < -0.3 is 9.80 Å². The fourth-order valence-electron chi connectivity index (χ4n) is 4.08. The van der Waals surface area contributed by atoms with Gasteiger partial charge in [0.1, 0.15) is 5.82 Å². The minimum absolute atomic E-state index is 0.0463. The molecule has 1 aromatic rings. The highest BCUT2D eigenvalue weighted by Crippen LogP contribution is 2.42. The van der Waals surface area contributed by atoms with Crippen LogP contribution in [0.25, 0.3) is 0 Å². The third-order valence-electron chi connectivity index (χ3n) is 5.76. The van der Waals surface area contributed by atoms with Crippen LogP contribution in [0.5, 0.6) is 0 Å². The monoisotopic (exact) mass is 330 g/mol. The maximum atomic E-state index is 13.3. The molecule has 4 nitrogen and oxygen atoms in total. The number of amides is 2. The largest absolute Gasteiger partial charge is 0.342 e. The number of carbonyl (C=O) groups is 2. The van der Waals surface area contributed by atoms with Gasteiger partial charge in [0.15, 0.2) is 0 Å². The van der Waals surface area contributed by atoms with Crippen LogP contribution >= 0.6 is 0 Å². The predicted molar refractivity (Wildman–Crippen MR) is 87.9 cm³/mol. The Bertz CT molecular complexity index is 663. The molecule has 5 heteroatoms. The van der Waals surface area contributed by atoms with Crippen LogP contribution in [0.4, 0.5) is 4.39 Å². The van der Waals surface area contributed by atoms with Crippen molar-refractivity contribution in [3.05, 3.63) is 35.6 Å². The molecule has 0 bridgehead atoms. The third-order valence-corrected chi connectivity index (χ3v) is 5.76. The van der Waals surface area contributed by atoms with Gasteiger partial charge in [-0.2, -0.15) is 0 Å². The number of piperidine rings is 1. The van der Waals surface area contributed by atoms with Crippen LogP contribution in [0.1, 0.15) is 42.5 Å². The number of likely N-dealkylation sites (tertiary alicyclic amines) is 2. The number of carbonyl (C=O) groups excluding carboxylic acids is 2. The molecule has 1 saturated carbocycles. The van der Waals surface area contributed by atoms with Crippen molar-refractivity contribution < 1.29 is 14.0 Å². The summed E-state index contributed by atoms with van der Waals surface area (Å²) in [6, 6.07) is 5.87. The van der Waals surface area contributed by atoms with E-state index in [1.54, 1.807) is 17.0 Å². The SMILES string of the molecule is O=C1CC2(CCN(C(=O)c3cccc(F)c3)CC2)CN1CC1CC1. The topological polar surface area (TPSA) is 40.6 Å². The zero-order chi connectivity index (χ0) is 16.7. The number of benzene rings is 1. The second-order valence-corrected chi connectivity index (χ2v) is 7.70. The van der Waals surface area contributed by atoms with Crippen LogP contribution in [0.15, 0.2) is 24.3 Å². The van der Waals surface area contributed by atoms with Gasteiger partial charge in [0, 0.05) is 43.6 Å². The van der Waals surface area contributed by atoms with Crippen molar-refractivity contribution in [3.8, 4) is 0 Å². The minimum Gasteiger partial charge on any atom is -0.342 e. The van der Waals surface area contributed by atoms with Gasteiger partial charge in [0.2, 0.25) is 5.91 Å². The molecule has 3 aliphatic rings. The molecule has 1 aliphatic carbocycles.